The van der Waals surface area contributed by atoms with E-state index in [2.05, 4.69) is 6.92 Å². The number of carboxylic acid groups (broad SMARTS) is 1. The van der Waals surface area contributed by atoms with Crippen LogP contribution >= 0.6 is 0 Å². The van der Waals surface area contributed by atoms with Gasteiger partial charge in [-0.05, 0) is 26.2 Å². The molecule has 0 aromatic rings. The summed E-state index contributed by atoms with van der Waals surface area (Å²) in [7, 11) is 0. The molecule has 4 heteroatoms. The number of rotatable bonds is 4. The van der Waals surface area contributed by atoms with Crippen LogP contribution in [-0.4, -0.2) is 34.0 Å². The first-order chi connectivity index (χ1) is 7.06. The number of carbonyl (C=O) groups is 2. The quantitative estimate of drug-likeness (QED) is 0.772. The molecule has 0 aromatic carbocycles. The summed E-state index contributed by atoms with van der Waals surface area (Å²) >= 11 is 0. The number of amides is 1. The highest BCUT2D eigenvalue weighted by molar-refractivity contribution is 5.81. The van der Waals surface area contributed by atoms with Crippen molar-refractivity contribution in [1.29, 1.82) is 0 Å². The van der Waals surface area contributed by atoms with Gasteiger partial charge in [0, 0.05) is 18.5 Å². The van der Waals surface area contributed by atoms with Crippen LogP contribution in [0.2, 0.25) is 0 Å². The molecule has 4 nitrogen and oxygen atoms in total. The fourth-order valence-electron chi connectivity index (χ4n) is 2.26. The van der Waals surface area contributed by atoms with Crippen molar-refractivity contribution in [3.8, 4) is 0 Å². The average molecular weight is 213 g/mol. The topological polar surface area (TPSA) is 57.6 Å². The standard InChI is InChI=1S/C11H19NO3/c1-3-9-5-4-8(2)12(9)10(13)6-7-11(14)15/h8-9H,3-7H2,1-2H3,(H,14,15). The van der Waals surface area contributed by atoms with Gasteiger partial charge in [0.15, 0.2) is 0 Å². The molecule has 1 heterocycles. The Kier molecular flexibility index (Phi) is 4.12. The van der Waals surface area contributed by atoms with E-state index >= 15 is 0 Å². The predicted molar refractivity (Wildman–Crippen MR) is 56.5 cm³/mol. The van der Waals surface area contributed by atoms with E-state index in [1.807, 2.05) is 11.8 Å². The maximum absolute atomic E-state index is 11.8. The zero-order valence-corrected chi connectivity index (χ0v) is 9.40. The van der Waals surface area contributed by atoms with Gasteiger partial charge in [0.25, 0.3) is 0 Å². The molecule has 1 aliphatic heterocycles. The Balaban J connectivity index is 2.52. The van der Waals surface area contributed by atoms with Crippen LogP contribution in [0.3, 0.4) is 0 Å². The zero-order chi connectivity index (χ0) is 11.4. The Hall–Kier alpha value is -1.06. The van der Waals surface area contributed by atoms with Crippen molar-refractivity contribution in [3.05, 3.63) is 0 Å². The number of carbonyl (C=O) groups excluding carboxylic acids is 1. The first-order valence-electron chi connectivity index (χ1n) is 5.59. The summed E-state index contributed by atoms with van der Waals surface area (Å²) in [6, 6.07) is 0.595. The van der Waals surface area contributed by atoms with Crippen molar-refractivity contribution in [2.75, 3.05) is 0 Å². The number of aliphatic carboxylic acids is 1. The lowest BCUT2D eigenvalue weighted by molar-refractivity contribution is -0.141. The minimum absolute atomic E-state index is 0.00532. The van der Waals surface area contributed by atoms with Crippen molar-refractivity contribution in [1.82, 2.24) is 4.90 Å². The largest absolute Gasteiger partial charge is 0.481 e. The van der Waals surface area contributed by atoms with Gasteiger partial charge in [0.2, 0.25) is 5.91 Å². The van der Waals surface area contributed by atoms with E-state index in [-0.39, 0.29) is 24.8 Å². The second-order valence-corrected chi connectivity index (χ2v) is 4.18. The number of carboxylic acids is 1. The maximum atomic E-state index is 11.8. The molecule has 0 radical (unpaired) electrons. The van der Waals surface area contributed by atoms with Crippen LogP contribution in [0.15, 0.2) is 0 Å². The molecule has 86 valence electrons. The lowest BCUT2D eigenvalue weighted by atomic mass is 10.1. The molecule has 1 fully saturated rings. The van der Waals surface area contributed by atoms with Crippen LogP contribution in [0.25, 0.3) is 0 Å². The highest BCUT2D eigenvalue weighted by atomic mass is 16.4. The van der Waals surface area contributed by atoms with Gasteiger partial charge in [-0.15, -0.1) is 0 Å². The summed E-state index contributed by atoms with van der Waals surface area (Å²) < 4.78 is 0. The first-order valence-corrected chi connectivity index (χ1v) is 5.59. The van der Waals surface area contributed by atoms with Crippen LogP contribution in [0, 0.1) is 0 Å². The van der Waals surface area contributed by atoms with E-state index in [4.69, 9.17) is 5.11 Å². The van der Waals surface area contributed by atoms with E-state index in [9.17, 15) is 9.59 Å². The lowest BCUT2D eigenvalue weighted by Crippen LogP contribution is -2.39. The third kappa shape index (κ3) is 2.94. The second kappa shape index (κ2) is 5.14. The fraction of sp³-hybridized carbons (Fsp3) is 0.818. The van der Waals surface area contributed by atoms with E-state index in [1.165, 1.54) is 0 Å². The van der Waals surface area contributed by atoms with Gasteiger partial charge in [-0.3, -0.25) is 9.59 Å². The van der Waals surface area contributed by atoms with Gasteiger partial charge in [-0.25, -0.2) is 0 Å². The summed E-state index contributed by atoms with van der Waals surface area (Å²) in [5.41, 5.74) is 0. The highest BCUT2D eigenvalue weighted by Crippen LogP contribution is 2.26. The third-order valence-electron chi connectivity index (χ3n) is 3.10. The fourth-order valence-corrected chi connectivity index (χ4v) is 2.26. The van der Waals surface area contributed by atoms with Crippen molar-refractivity contribution in [3.63, 3.8) is 0 Å². The third-order valence-corrected chi connectivity index (χ3v) is 3.10. The molecule has 2 unspecified atom stereocenters. The molecule has 0 spiro atoms. The van der Waals surface area contributed by atoms with Gasteiger partial charge in [0.05, 0.1) is 6.42 Å². The van der Waals surface area contributed by atoms with Crippen molar-refractivity contribution >= 4 is 11.9 Å². The van der Waals surface area contributed by atoms with Crippen molar-refractivity contribution in [2.24, 2.45) is 0 Å². The molecular formula is C11H19NO3. The average Bonchev–Trinajstić information content (AvgIpc) is 2.56. The predicted octanol–water partition coefficient (Wildman–Crippen LogP) is 1.64. The smallest absolute Gasteiger partial charge is 0.303 e. The Morgan fingerprint density at radius 3 is 2.53 bits per heavy atom. The first kappa shape index (κ1) is 12.0. The molecule has 1 aliphatic rings. The molecular weight excluding hydrogens is 194 g/mol. The molecule has 0 saturated carbocycles. The van der Waals surface area contributed by atoms with Crippen LogP contribution < -0.4 is 0 Å². The molecule has 2 atom stereocenters. The molecule has 0 aromatic heterocycles. The van der Waals surface area contributed by atoms with Crippen LogP contribution in [0.4, 0.5) is 0 Å². The van der Waals surface area contributed by atoms with E-state index < -0.39 is 5.97 Å². The van der Waals surface area contributed by atoms with Gasteiger partial charge in [-0.1, -0.05) is 6.92 Å². The van der Waals surface area contributed by atoms with Crippen molar-refractivity contribution in [2.45, 2.75) is 58.0 Å². The molecule has 15 heavy (non-hydrogen) atoms. The van der Waals surface area contributed by atoms with Gasteiger partial charge < -0.3 is 10.0 Å². The molecule has 1 rings (SSSR count). The zero-order valence-electron chi connectivity index (χ0n) is 9.40. The molecule has 1 N–H and O–H groups in total. The minimum atomic E-state index is -0.900. The number of likely N-dealkylation sites (tertiary alicyclic amines) is 1. The summed E-state index contributed by atoms with van der Waals surface area (Å²) in [5.74, 6) is -0.905. The summed E-state index contributed by atoms with van der Waals surface area (Å²) in [6.07, 6.45) is 3.13. The normalized spacial score (nSPS) is 25.6. The Bertz CT molecular complexity index is 252. The summed E-state index contributed by atoms with van der Waals surface area (Å²) in [4.78, 5) is 24.1. The van der Waals surface area contributed by atoms with E-state index in [0.717, 1.165) is 19.3 Å². The van der Waals surface area contributed by atoms with Crippen molar-refractivity contribution < 1.29 is 14.7 Å². The minimum Gasteiger partial charge on any atom is -0.481 e. The maximum Gasteiger partial charge on any atom is 0.303 e. The van der Waals surface area contributed by atoms with E-state index in [0.29, 0.717) is 6.04 Å². The lowest BCUT2D eigenvalue weighted by Gasteiger charge is -2.27. The Morgan fingerprint density at radius 1 is 1.33 bits per heavy atom. The number of hydrogen-bond donors (Lipinski definition) is 1. The summed E-state index contributed by atoms with van der Waals surface area (Å²) in [6.45, 7) is 4.11. The molecule has 1 saturated heterocycles. The van der Waals surface area contributed by atoms with Crippen LogP contribution in [-0.2, 0) is 9.59 Å². The Morgan fingerprint density at radius 2 is 2.00 bits per heavy atom. The SMILES string of the molecule is CCC1CCC(C)N1C(=O)CCC(=O)O. The molecule has 0 bridgehead atoms. The molecule has 1 amide bonds. The second-order valence-electron chi connectivity index (χ2n) is 4.18. The Labute approximate surface area is 90.3 Å². The van der Waals surface area contributed by atoms with Gasteiger partial charge >= 0.3 is 5.97 Å². The van der Waals surface area contributed by atoms with Gasteiger partial charge in [0.1, 0.15) is 0 Å². The number of hydrogen-bond acceptors (Lipinski definition) is 2. The van der Waals surface area contributed by atoms with Gasteiger partial charge in [-0.2, -0.15) is 0 Å². The summed E-state index contributed by atoms with van der Waals surface area (Å²) in [5, 5.41) is 8.52. The van der Waals surface area contributed by atoms with E-state index in [1.54, 1.807) is 0 Å². The molecule has 0 aliphatic carbocycles. The van der Waals surface area contributed by atoms with Crippen LogP contribution in [0.1, 0.15) is 46.0 Å². The number of nitrogens with zero attached hydrogens (tertiary/aromatic N) is 1. The monoisotopic (exact) mass is 213 g/mol. The van der Waals surface area contributed by atoms with Crippen LogP contribution in [0.5, 0.6) is 0 Å². The highest BCUT2D eigenvalue weighted by Gasteiger charge is 2.32.